The molecule has 3 aliphatic rings. The molecule has 11 heteroatoms. The van der Waals surface area contributed by atoms with Gasteiger partial charge in [-0.25, -0.2) is 0 Å². The summed E-state index contributed by atoms with van der Waals surface area (Å²) in [6, 6.07) is 13.6. The number of rotatable bonds is 9. The van der Waals surface area contributed by atoms with Gasteiger partial charge in [-0.3, -0.25) is 14.4 Å². The number of hydrogen-bond acceptors (Lipinski definition) is 8. The topological polar surface area (TPSA) is 136 Å². The van der Waals surface area contributed by atoms with E-state index in [1.54, 1.807) is 42.9 Å². The van der Waals surface area contributed by atoms with Gasteiger partial charge in [0, 0.05) is 57.3 Å². The fourth-order valence-electron chi connectivity index (χ4n) is 7.62. The lowest BCUT2D eigenvalue weighted by Gasteiger charge is -2.36. The molecule has 2 aromatic carbocycles. The van der Waals surface area contributed by atoms with E-state index in [9.17, 15) is 19.6 Å². The van der Waals surface area contributed by atoms with Gasteiger partial charge in [0.25, 0.3) is 11.8 Å². The van der Waals surface area contributed by atoms with Crippen LogP contribution in [0.2, 0.25) is 0 Å². The Hall–Kier alpha value is -4.56. The predicted octanol–water partition coefficient (Wildman–Crippen LogP) is 3.91. The maximum absolute atomic E-state index is 13.4. The van der Waals surface area contributed by atoms with Gasteiger partial charge in [-0.1, -0.05) is 26.0 Å². The van der Waals surface area contributed by atoms with E-state index in [0.29, 0.717) is 48.1 Å². The normalized spacial score (nSPS) is 21.0. The highest BCUT2D eigenvalue weighted by atomic mass is 16.4. The van der Waals surface area contributed by atoms with Gasteiger partial charge < -0.3 is 24.4 Å². The predicted molar refractivity (Wildman–Crippen MR) is 179 cm³/mol. The Balaban J connectivity index is 1.47. The van der Waals surface area contributed by atoms with Gasteiger partial charge in [-0.2, -0.15) is 5.26 Å². The number of carbonyl (C=O) groups excluding carboxylic acids is 3. The average Bonchev–Trinajstić information content (AvgIpc) is 3.48. The zero-order valence-electron chi connectivity index (χ0n) is 28.9. The quantitative estimate of drug-likeness (QED) is 0.368. The van der Waals surface area contributed by atoms with E-state index in [1.807, 2.05) is 57.2 Å². The first kappa shape index (κ1) is 33.3. The fourth-order valence-corrected chi connectivity index (χ4v) is 7.62. The number of nitrogens with one attached hydrogen (secondary N) is 1. The van der Waals surface area contributed by atoms with E-state index in [4.69, 9.17) is 4.42 Å². The third kappa shape index (κ3) is 5.87. The van der Waals surface area contributed by atoms with Crippen molar-refractivity contribution in [2.75, 3.05) is 34.7 Å². The number of fused-ring (bicyclic) bond motifs is 3. The minimum absolute atomic E-state index is 0.00107. The van der Waals surface area contributed by atoms with Crippen molar-refractivity contribution in [2.24, 2.45) is 5.92 Å². The van der Waals surface area contributed by atoms with Crippen molar-refractivity contribution in [3.63, 3.8) is 0 Å². The van der Waals surface area contributed by atoms with Crippen molar-refractivity contribution in [2.45, 2.75) is 82.3 Å². The maximum Gasteiger partial charge on any atom is 0.253 e. The number of nitriles is 1. The highest BCUT2D eigenvalue weighted by molar-refractivity contribution is 5.95. The monoisotopic (exact) mass is 651 g/mol. The van der Waals surface area contributed by atoms with E-state index in [0.717, 1.165) is 35.1 Å². The SMILES string of the molecule is CC(C)c1nnc(C2(C[C@H](C)NCC(=O)N3[C@H](C#N)C[C@@H]4C[C@@H]43)c3ccc(C(=O)N(C)C)cc3CCc3cc(C(=O)N(C)C)ccc32)o1. The van der Waals surface area contributed by atoms with Crippen molar-refractivity contribution >= 4 is 17.7 Å². The average molecular weight is 652 g/mol. The first-order chi connectivity index (χ1) is 22.8. The molecule has 0 spiro atoms. The lowest BCUT2D eigenvalue weighted by Crippen LogP contribution is -2.46. The third-order valence-corrected chi connectivity index (χ3v) is 10.2. The standard InChI is InChI=1S/C37H45N7O4/c1-21(2)33-40-41-36(48-33)37(18-22(3)39-20-32(45)44-28(19-38)16-27-17-31(27)44)29-12-10-25(34(46)42(4)5)14-23(29)8-9-24-15-26(11-13-30(24)37)35(47)43(6)7/h10-15,21-22,27-28,31,39H,8-9,16-18,20H2,1-7H3/t22-,27+,28-,31-/m0/s1. The second kappa shape index (κ2) is 12.8. The molecule has 3 amide bonds. The number of amides is 3. The molecule has 252 valence electrons. The number of piperidine rings is 1. The molecule has 4 atom stereocenters. The summed E-state index contributed by atoms with van der Waals surface area (Å²) in [5.41, 5.74) is 4.09. The summed E-state index contributed by atoms with van der Waals surface area (Å²) in [5.74, 6) is 1.15. The number of nitrogens with zero attached hydrogens (tertiary/aromatic N) is 6. The fraction of sp³-hybridized carbons (Fsp3) is 0.514. The van der Waals surface area contributed by atoms with E-state index < -0.39 is 5.41 Å². The minimum Gasteiger partial charge on any atom is -0.424 e. The zero-order chi connectivity index (χ0) is 34.5. The van der Waals surface area contributed by atoms with E-state index in [2.05, 4.69) is 21.6 Å². The Morgan fingerprint density at radius 3 is 2.04 bits per heavy atom. The summed E-state index contributed by atoms with van der Waals surface area (Å²) in [6.45, 7) is 6.15. The van der Waals surface area contributed by atoms with Crippen LogP contribution in [0.5, 0.6) is 0 Å². The molecule has 3 aromatic rings. The smallest absolute Gasteiger partial charge is 0.253 e. The molecule has 2 aliphatic carbocycles. The van der Waals surface area contributed by atoms with E-state index >= 15 is 0 Å². The second-order valence-corrected chi connectivity index (χ2v) is 14.4. The molecule has 1 aromatic heterocycles. The van der Waals surface area contributed by atoms with Crippen molar-refractivity contribution in [1.82, 2.24) is 30.2 Å². The van der Waals surface area contributed by atoms with Crippen molar-refractivity contribution in [1.29, 1.82) is 5.26 Å². The van der Waals surface area contributed by atoms with Crippen LogP contribution in [0.15, 0.2) is 40.8 Å². The van der Waals surface area contributed by atoms with Crippen LogP contribution in [0.25, 0.3) is 0 Å². The van der Waals surface area contributed by atoms with Crippen LogP contribution in [0.4, 0.5) is 0 Å². The van der Waals surface area contributed by atoms with Gasteiger partial charge in [0.1, 0.15) is 11.5 Å². The Morgan fingerprint density at radius 2 is 1.54 bits per heavy atom. The highest BCUT2D eigenvalue weighted by Crippen LogP contribution is 2.49. The number of benzene rings is 2. The molecule has 1 N–H and O–H groups in total. The van der Waals surface area contributed by atoms with Gasteiger partial charge >= 0.3 is 0 Å². The number of aromatic nitrogens is 2. The summed E-state index contributed by atoms with van der Waals surface area (Å²) in [6.07, 6.45) is 3.45. The van der Waals surface area contributed by atoms with Gasteiger partial charge in [-0.05, 0) is 91.5 Å². The van der Waals surface area contributed by atoms with E-state index in [1.165, 1.54) is 0 Å². The lowest BCUT2D eigenvalue weighted by molar-refractivity contribution is -0.131. The Kier molecular flexibility index (Phi) is 8.90. The Bertz CT molecular complexity index is 1720. The summed E-state index contributed by atoms with van der Waals surface area (Å²) >= 11 is 0. The molecule has 0 unspecified atom stereocenters. The van der Waals surface area contributed by atoms with Gasteiger partial charge in [-0.15, -0.1) is 10.2 Å². The minimum atomic E-state index is -0.958. The third-order valence-electron chi connectivity index (χ3n) is 10.2. The molecule has 0 radical (unpaired) electrons. The molecule has 0 bridgehead atoms. The van der Waals surface area contributed by atoms with Crippen LogP contribution < -0.4 is 5.32 Å². The van der Waals surface area contributed by atoms with Crippen LogP contribution in [-0.4, -0.2) is 95.5 Å². The molecule has 48 heavy (non-hydrogen) atoms. The van der Waals surface area contributed by atoms with Crippen molar-refractivity contribution < 1.29 is 18.8 Å². The number of carbonyl (C=O) groups is 3. The van der Waals surface area contributed by atoms with E-state index in [-0.39, 0.29) is 48.3 Å². The number of aryl methyl sites for hydroxylation is 2. The number of likely N-dealkylation sites (tertiary alicyclic amines) is 1. The summed E-state index contributed by atoms with van der Waals surface area (Å²) in [7, 11) is 6.95. The molecule has 11 nitrogen and oxygen atoms in total. The van der Waals surface area contributed by atoms with Crippen LogP contribution in [0.3, 0.4) is 0 Å². The van der Waals surface area contributed by atoms with Gasteiger partial charge in [0.05, 0.1) is 12.6 Å². The second-order valence-electron chi connectivity index (χ2n) is 14.4. The first-order valence-corrected chi connectivity index (χ1v) is 16.8. The molecule has 1 saturated heterocycles. The zero-order valence-corrected chi connectivity index (χ0v) is 28.9. The molecule has 2 heterocycles. The Morgan fingerprint density at radius 1 is 0.958 bits per heavy atom. The van der Waals surface area contributed by atoms with Crippen LogP contribution in [-0.2, 0) is 23.1 Å². The molecule has 1 aliphatic heterocycles. The van der Waals surface area contributed by atoms with Crippen LogP contribution in [0, 0.1) is 17.2 Å². The summed E-state index contributed by atoms with van der Waals surface area (Å²) in [4.78, 5) is 44.6. The van der Waals surface area contributed by atoms with Crippen molar-refractivity contribution in [3.8, 4) is 6.07 Å². The molecular weight excluding hydrogens is 606 g/mol. The largest absolute Gasteiger partial charge is 0.424 e. The Labute approximate surface area is 282 Å². The molecule has 6 rings (SSSR count). The molecule has 1 saturated carbocycles. The number of hydrogen-bond donors (Lipinski definition) is 1. The molecular formula is C37H45N7O4. The lowest BCUT2D eigenvalue weighted by atomic mass is 9.68. The summed E-state index contributed by atoms with van der Waals surface area (Å²) in [5, 5.41) is 22.3. The van der Waals surface area contributed by atoms with Crippen molar-refractivity contribution in [3.05, 3.63) is 81.6 Å². The van der Waals surface area contributed by atoms with Gasteiger partial charge in [0.2, 0.25) is 17.7 Å². The van der Waals surface area contributed by atoms with Crippen LogP contribution >= 0.6 is 0 Å². The summed E-state index contributed by atoms with van der Waals surface area (Å²) < 4.78 is 6.53. The molecule has 2 fully saturated rings. The maximum atomic E-state index is 13.4. The highest BCUT2D eigenvalue weighted by Gasteiger charge is 2.54. The van der Waals surface area contributed by atoms with Gasteiger partial charge in [0.15, 0.2) is 0 Å². The first-order valence-electron chi connectivity index (χ1n) is 16.8. The van der Waals surface area contributed by atoms with Crippen LogP contribution in [0.1, 0.15) is 101 Å².